The molecule has 2 rings (SSSR count). The Labute approximate surface area is 127 Å². The van der Waals surface area contributed by atoms with Gasteiger partial charge in [-0.25, -0.2) is 0 Å². The van der Waals surface area contributed by atoms with Crippen molar-refractivity contribution in [2.24, 2.45) is 5.73 Å². The largest absolute Gasteiger partial charge is 0.338 e. The minimum atomic E-state index is 0.237. The van der Waals surface area contributed by atoms with Crippen LogP contribution in [0.1, 0.15) is 44.1 Å². The van der Waals surface area contributed by atoms with Gasteiger partial charge in [0.25, 0.3) is 0 Å². The Morgan fingerprint density at radius 1 is 1.19 bits per heavy atom. The summed E-state index contributed by atoms with van der Waals surface area (Å²) in [5, 5.41) is 0. The fourth-order valence-corrected chi connectivity index (χ4v) is 2.75. The molecule has 0 spiro atoms. The maximum Gasteiger partial charge on any atom is 0.226 e. The zero-order chi connectivity index (χ0) is 14.9. The van der Waals surface area contributed by atoms with Crippen molar-refractivity contribution in [3.8, 4) is 0 Å². The maximum atomic E-state index is 12.6. The van der Waals surface area contributed by atoms with Crippen molar-refractivity contribution in [1.82, 2.24) is 4.90 Å². The summed E-state index contributed by atoms with van der Waals surface area (Å²) in [5.74, 6) is 0.237. The molecule has 1 aliphatic rings. The summed E-state index contributed by atoms with van der Waals surface area (Å²) in [4.78, 5) is 14.5. The van der Waals surface area contributed by atoms with Crippen LogP contribution < -0.4 is 5.73 Å². The van der Waals surface area contributed by atoms with E-state index in [1.807, 2.05) is 23.1 Å². The molecule has 3 heteroatoms. The second kappa shape index (κ2) is 8.63. The van der Waals surface area contributed by atoms with Gasteiger partial charge in [0.2, 0.25) is 5.91 Å². The molecule has 114 valence electrons. The molecule has 1 aliphatic carbocycles. The first-order valence-electron chi connectivity index (χ1n) is 7.99. The fraction of sp³-hybridized carbons (Fsp3) is 0.500. The molecule has 0 unspecified atom stereocenters. The van der Waals surface area contributed by atoms with Crippen LogP contribution in [-0.2, 0) is 11.3 Å². The highest BCUT2D eigenvalue weighted by Gasteiger charge is 2.16. The smallest absolute Gasteiger partial charge is 0.226 e. The van der Waals surface area contributed by atoms with Crippen LogP contribution in [0, 0.1) is 0 Å². The van der Waals surface area contributed by atoms with E-state index in [4.69, 9.17) is 5.73 Å². The molecule has 21 heavy (non-hydrogen) atoms. The lowest BCUT2D eigenvalue weighted by Gasteiger charge is -2.24. The number of nitrogens with zero attached hydrogens (tertiary/aromatic N) is 1. The van der Waals surface area contributed by atoms with E-state index in [2.05, 4.69) is 18.2 Å². The van der Waals surface area contributed by atoms with Crippen LogP contribution in [0.4, 0.5) is 0 Å². The van der Waals surface area contributed by atoms with Crippen LogP contribution in [0.5, 0.6) is 0 Å². The summed E-state index contributed by atoms with van der Waals surface area (Å²) in [6, 6.07) is 10.2. The molecule has 3 nitrogen and oxygen atoms in total. The Balaban J connectivity index is 1.97. The standard InChI is InChI=1S/C18H26N2O/c19-12-7-13-20(15-17-10-5-2-6-11-17)18(21)14-16-8-3-1-4-9-16/h2,5-6,8,10-11H,1,3-4,7,9,12-15,19H2. The molecule has 0 aromatic heterocycles. The lowest BCUT2D eigenvalue weighted by atomic mass is 9.96. The SMILES string of the molecule is NCCCN(Cc1ccccc1)C(=O)CC1=CCCCC1. The number of allylic oxidation sites excluding steroid dienone is 1. The van der Waals surface area contributed by atoms with E-state index in [-0.39, 0.29) is 5.91 Å². The molecule has 1 aromatic rings. The number of benzene rings is 1. The zero-order valence-corrected chi connectivity index (χ0v) is 12.8. The van der Waals surface area contributed by atoms with Crippen molar-refractivity contribution in [3.05, 3.63) is 47.5 Å². The summed E-state index contributed by atoms with van der Waals surface area (Å²) < 4.78 is 0. The van der Waals surface area contributed by atoms with Crippen molar-refractivity contribution in [2.45, 2.75) is 45.1 Å². The molecule has 0 atom stereocenters. The van der Waals surface area contributed by atoms with Crippen molar-refractivity contribution >= 4 is 5.91 Å². The Morgan fingerprint density at radius 2 is 2.00 bits per heavy atom. The van der Waals surface area contributed by atoms with Crippen LogP contribution in [0.25, 0.3) is 0 Å². The average Bonchev–Trinajstić information content (AvgIpc) is 2.53. The van der Waals surface area contributed by atoms with Crippen molar-refractivity contribution in [2.75, 3.05) is 13.1 Å². The molecule has 0 aliphatic heterocycles. The van der Waals surface area contributed by atoms with Crippen molar-refractivity contribution < 1.29 is 4.79 Å². The van der Waals surface area contributed by atoms with Crippen molar-refractivity contribution in [3.63, 3.8) is 0 Å². The summed E-state index contributed by atoms with van der Waals surface area (Å²) in [6.07, 6.45) is 8.39. The number of carbonyl (C=O) groups excluding carboxylic acids is 1. The summed E-state index contributed by atoms with van der Waals surface area (Å²) in [6.45, 7) is 2.06. The molecular weight excluding hydrogens is 260 g/mol. The van der Waals surface area contributed by atoms with Crippen LogP contribution in [-0.4, -0.2) is 23.9 Å². The molecule has 0 saturated carbocycles. The lowest BCUT2D eigenvalue weighted by molar-refractivity contribution is -0.131. The van der Waals surface area contributed by atoms with E-state index in [9.17, 15) is 4.79 Å². The quantitative estimate of drug-likeness (QED) is 0.782. The fourth-order valence-electron chi connectivity index (χ4n) is 2.75. The van der Waals surface area contributed by atoms with E-state index < -0.39 is 0 Å². The van der Waals surface area contributed by atoms with Crippen LogP contribution in [0.15, 0.2) is 42.0 Å². The first kappa shape index (κ1) is 15.8. The molecular formula is C18H26N2O. The van der Waals surface area contributed by atoms with Crippen LogP contribution in [0.3, 0.4) is 0 Å². The monoisotopic (exact) mass is 286 g/mol. The maximum absolute atomic E-state index is 12.6. The van der Waals surface area contributed by atoms with E-state index in [0.29, 0.717) is 19.5 Å². The molecule has 0 heterocycles. The van der Waals surface area contributed by atoms with Crippen molar-refractivity contribution in [1.29, 1.82) is 0 Å². The van der Waals surface area contributed by atoms with Crippen LogP contribution in [0.2, 0.25) is 0 Å². The highest BCUT2D eigenvalue weighted by atomic mass is 16.2. The van der Waals surface area contributed by atoms with Gasteiger partial charge in [-0.15, -0.1) is 0 Å². The lowest BCUT2D eigenvalue weighted by Crippen LogP contribution is -2.32. The third-order valence-corrected chi connectivity index (χ3v) is 3.96. The highest BCUT2D eigenvalue weighted by Crippen LogP contribution is 2.21. The van der Waals surface area contributed by atoms with E-state index in [1.54, 1.807) is 0 Å². The minimum absolute atomic E-state index is 0.237. The summed E-state index contributed by atoms with van der Waals surface area (Å²) in [5.41, 5.74) is 8.10. The number of carbonyl (C=O) groups is 1. The zero-order valence-electron chi connectivity index (χ0n) is 12.8. The van der Waals surface area contributed by atoms with Gasteiger partial charge in [0.1, 0.15) is 0 Å². The molecule has 0 bridgehead atoms. The number of hydrogen-bond donors (Lipinski definition) is 1. The Morgan fingerprint density at radius 3 is 2.67 bits per heavy atom. The number of amides is 1. The van der Waals surface area contributed by atoms with Gasteiger partial charge >= 0.3 is 0 Å². The molecule has 0 saturated heterocycles. The number of rotatable bonds is 7. The predicted molar refractivity (Wildman–Crippen MR) is 86.7 cm³/mol. The van der Waals surface area contributed by atoms with E-state index >= 15 is 0 Å². The molecule has 0 fully saturated rings. The highest BCUT2D eigenvalue weighted by molar-refractivity contribution is 5.78. The number of nitrogens with two attached hydrogens (primary N) is 1. The normalized spacial score (nSPS) is 14.6. The van der Waals surface area contributed by atoms with Gasteiger partial charge in [-0.05, 0) is 44.2 Å². The van der Waals surface area contributed by atoms with Crippen LogP contribution >= 0.6 is 0 Å². The third-order valence-electron chi connectivity index (χ3n) is 3.96. The van der Waals surface area contributed by atoms with E-state index in [0.717, 1.165) is 25.8 Å². The minimum Gasteiger partial charge on any atom is -0.338 e. The topological polar surface area (TPSA) is 46.3 Å². The van der Waals surface area contributed by atoms with Gasteiger partial charge < -0.3 is 10.6 Å². The predicted octanol–water partition coefficient (Wildman–Crippen LogP) is 3.25. The van der Waals surface area contributed by atoms with Gasteiger partial charge in [0.15, 0.2) is 0 Å². The Bertz CT molecular complexity index is 467. The Kier molecular flexibility index (Phi) is 6.48. The first-order valence-corrected chi connectivity index (χ1v) is 7.99. The summed E-state index contributed by atoms with van der Waals surface area (Å²) >= 11 is 0. The second-order valence-corrected chi connectivity index (χ2v) is 5.73. The van der Waals surface area contributed by atoms with Gasteiger partial charge in [-0.3, -0.25) is 4.79 Å². The van der Waals surface area contributed by atoms with Gasteiger partial charge in [0, 0.05) is 19.5 Å². The molecule has 1 aromatic carbocycles. The number of hydrogen-bond acceptors (Lipinski definition) is 2. The van der Waals surface area contributed by atoms with Gasteiger partial charge in [-0.1, -0.05) is 42.0 Å². The van der Waals surface area contributed by atoms with Gasteiger partial charge in [-0.2, -0.15) is 0 Å². The molecule has 0 radical (unpaired) electrons. The Hall–Kier alpha value is -1.61. The summed E-state index contributed by atoms with van der Waals surface area (Å²) in [7, 11) is 0. The average molecular weight is 286 g/mol. The molecule has 2 N–H and O–H groups in total. The first-order chi connectivity index (χ1) is 10.3. The van der Waals surface area contributed by atoms with E-state index in [1.165, 1.54) is 24.0 Å². The molecule has 1 amide bonds. The second-order valence-electron chi connectivity index (χ2n) is 5.73. The van der Waals surface area contributed by atoms with Gasteiger partial charge in [0.05, 0.1) is 0 Å². The third kappa shape index (κ3) is 5.35.